The molecule has 0 aliphatic rings. The molecular formula is C32H36HfO4. The van der Waals surface area contributed by atoms with Gasteiger partial charge in [-0.1, -0.05) is 113 Å². The van der Waals surface area contributed by atoms with Crippen molar-refractivity contribution in [1.29, 1.82) is 0 Å². The normalized spacial score (nSPS) is 9.14. The van der Waals surface area contributed by atoms with E-state index in [1.807, 2.05) is 0 Å². The van der Waals surface area contributed by atoms with Gasteiger partial charge in [-0.15, -0.1) is 0 Å². The van der Waals surface area contributed by atoms with Crippen LogP contribution in [-0.4, -0.2) is 11.9 Å². The summed E-state index contributed by atoms with van der Waals surface area (Å²) in [6.07, 6.45) is 7.75. The average Bonchev–Trinajstić information content (AvgIpc) is 3.63. The molecular weight excluding hydrogens is 627 g/mol. The van der Waals surface area contributed by atoms with Gasteiger partial charge in [-0.3, -0.25) is 0 Å². The SMILES string of the molecule is CCCC[c-]1cccc1.CCCC[c-]1cccc1.O=C([O-])c1ccccc1.O=C([O-])c1ccccc1.[Hf+4]. The predicted molar refractivity (Wildman–Crippen MR) is 143 cm³/mol. The summed E-state index contributed by atoms with van der Waals surface area (Å²) in [5, 5.41) is 20.2. The molecule has 4 aromatic rings. The van der Waals surface area contributed by atoms with E-state index in [4.69, 9.17) is 0 Å². The molecule has 0 saturated carbocycles. The van der Waals surface area contributed by atoms with Gasteiger partial charge in [0.1, 0.15) is 0 Å². The van der Waals surface area contributed by atoms with Gasteiger partial charge in [0.05, 0.1) is 11.9 Å². The van der Waals surface area contributed by atoms with Crippen LogP contribution in [0.25, 0.3) is 0 Å². The van der Waals surface area contributed by atoms with Gasteiger partial charge in [0.25, 0.3) is 0 Å². The summed E-state index contributed by atoms with van der Waals surface area (Å²) in [4.78, 5) is 20.2. The number of benzene rings is 2. The minimum absolute atomic E-state index is 0. The zero-order chi connectivity index (χ0) is 26.4. The molecule has 0 saturated heterocycles. The van der Waals surface area contributed by atoms with E-state index >= 15 is 0 Å². The van der Waals surface area contributed by atoms with Crippen LogP contribution in [0.4, 0.5) is 0 Å². The Bertz CT molecular complexity index is 953. The molecule has 0 aliphatic carbocycles. The summed E-state index contributed by atoms with van der Waals surface area (Å²) in [5.74, 6) is -2.26. The third-order valence-corrected chi connectivity index (χ3v) is 5.12. The maximum Gasteiger partial charge on any atom is 4.00 e. The zero-order valence-corrected chi connectivity index (χ0v) is 25.4. The third-order valence-electron chi connectivity index (χ3n) is 5.12. The topological polar surface area (TPSA) is 80.3 Å². The van der Waals surface area contributed by atoms with E-state index in [-0.39, 0.29) is 37.0 Å². The van der Waals surface area contributed by atoms with Crippen LogP contribution in [0.1, 0.15) is 71.4 Å². The average molecular weight is 663 g/mol. The molecule has 0 atom stereocenters. The minimum atomic E-state index is -1.13. The molecule has 4 rings (SSSR count). The van der Waals surface area contributed by atoms with Gasteiger partial charge in [0.2, 0.25) is 0 Å². The van der Waals surface area contributed by atoms with E-state index in [9.17, 15) is 19.8 Å². The van der Waals surface area contributed by atoms with Crippen molar-refractivity contribution in [2.24, 2.45) is 0 Å². The molecule has 0 aliphatic heterocycles. The largest absolute Gasteiger partial charge is 4.00 e. The minimum Gasteiger partial charge on any atom is -0.545 e. The summed E-state index contributed by atoms with van der Waals surface area (Å²) in [7, 11) is 0. The number of carbonyl (C=O) groups is 2. The van der Waals surface area contributed by atoms with Crippen molar-refractivity contribution in [3.63, 3.8) is 0 Å². The quantitative estimate of drug-likeness (QED) is 0.182. The van der Waals surface area contributed by atoms with Crippen LogP contribution in [0, 0.1) is 0 Å². The van der Waals surface area contributed by atoms with Crippen molar-refractivity contribution < 1.29 is 45.6 Å². The van der Waals surface area contributed by atoms with Crippen molar-refractivity contribution in [2.75, 3.05) is 0 Å². The number of aromatic carboxylic acids is 2. The first kappa shape index (κ1) is 34.0. The first-order valence-electron chi connectivity index (χ1n) is 12.4. The molecule has 0 amide bonds. The van der Waals surface area contributed by atoms with Crippen molar-refractivity contribution >= 4 is 11.9 Å². The van der Waals surface area contributed by atoms with E-state index in [1.165, 1.54) is 73.9 Å². The van der Waals surface area contributed by atoms with Gasteiger partial charge < -0.3 is 19.8 Å². The Labute approximate surface area is 240 Å². The molecule has 4 aromatic carbocycles. The van der Waals surface area contributed by atoms with Crippen LogP contribution in [0.3, 0.4) is 0 Å². The molecule has 0 unspecified atom stereocenters. The number of hydrogen-bond donors (Lipinski definition) is 0. The Morgan fingerprint density at radius 2 is 0.865 bits per heavy atom. The fraction of sp³-hybridized carbons (Fsp3) is 0.250. The number of rotatable bonds is 8. The monoisotopic (exact) mass is 664 g/mol. The number of hydrogen-bond acceptors (Lipinski definition) is 4. The zero-order valence-electron chi connectivity index (χ0n) is 21.8. The van der Waals surface area contributed by atoms with Crippen LogP contribution in [0.15, 0.2) is 109 Å². The van der Waals surface area contributed by atoms with Crippen LogP contribution >= 0.6 is 0 Å². The Balaban J connectivity index is 0.000000463. The molecule has 37 heavy (non-hydrogen) atoms. The number of carboxylic acid groups (broad SMARTS) is 2. The summed E-state index contributed by atoms with van der Waals surface area (Å²) in [6, 6.07) is 33.3. The van der Waals surface area contributed by atoms with Crippen molar-refractivity contribution in [3.8, 4) is 0 Å². The summed E-state index contributed by atoms with van der Waals surface area (Å²) in [5.41, 5.74) is 3.41. The number of unbranched alkanes of at least 4 members (excludes halogenated alkanes) is 2. The van der Waals surface area contributed by atoms with Gasteiger partial charge in [-0.05, 0) is 11.1 Å². The van der Waals surface area contributed by atoms with Crippen LogP contribution in [-0.2, 0) is 38.7 Å². The fourth-order valence-corrected chi connectivity index (χ4v) is 3.07. The van der Waals surface area contributed by atoms with Gasteiger partial charge in [-0.2, -0.15) is 35.4 Å². The van der Waals surface area contributed by atoms with Crippen LogP contribution in [0.2, 0.25) is 0 Å². The second-order valence-electron chi connectivity index (χ2n) is 8.10. The molecule has 5 heteroatoms. The van der Waals surface area contributed by atoms with E-state index in [2.05, 4.69) is 62.4 Å². The van der Waals surface area contributed by atoms with Crippen molar-refractivity contribution in [3.05, 3.63) is 131 Å². The van der Waals surface area contributed by atoms with Gasteiger partial charge in [0, 0.05) is 0 Å². The molecule has 0 fully saturated rings. The fourth-order valence-electron chi connectivity index (χ4n) is 3.07. The first-order chi connectivity index (χ1) is 17.5. The molecule has 4 nitrogen and oxygen atoms in total. The van der Waals surface area contributed by atoms with E-state index in [1.54, 1.807) is 36.4 Å². The van der Waals surface area contributed by atoms with Gasteiger partial charge in [-0.25, -0.2) is 24.3 Å². The number of carbonyl (C=O) groups excluding carboxylic acids is 2. The predicted octanol–water partition coefficient (Wildman–Crippen LogP) is 5.59. The van der Waals surface area contributed by atoms with Gasteiger partial charge >= 0.3 is 25.8 Å². The molecule has 0 radical (unpaired) electrons. The maximum absolute atomic E-state index is 10.1. The number of carboxylic acids is 2. The molecule has 192 valence electrons. The Kier molecular flexibility index (Phi) is 20.3. The van der Waals surface area contributed by atoms with Crippen LogP contribution < -0.4 is 10.2 Å². The molecule has 0 N–H and O–H groups in total. The van der Waals surface area contributed by atoms with E-state index in [0.717, 1.165) is 0 Å². The standard InChI is InChI=1S/2C9H13.2C7H6O2.Hf/c2*1-2-3-6-9-7-4-5-8-9;2*8-7(9)6-4-2-1-3-5-6;/h2*4-5,7-8H,2-3,6H2,1H3;2*1-5H,(H,8,9);/q2*-1;;;+4/p-2. The third kappa shape index (κ3) is 17.1. The second kappa shape index (κ2) is 22.2. The van der Waals surface area contributed by atoms with E-state index in [0.29, 0.717) is 0 Å². The molecule has 0 heterocycles. The summed E-state index contributed by atoms with van der Waals surface area (Å²) < 4.78 is 0. The Morgan fingerprint density at radius 3 is 1.08 bits per heavy atom. The molecule has 0 aromatic heterocycles. The molecule has 0 spiro atoms. The van der Waals surface area contributed by atoms with Crippen molar-refractivity contribution in [2.45, 2.75) is 52.4 Å². The van der Waals surface area contributed by atoms with Crippen LogP contribution in [0.5, 0.6) is 0 Å². The number of aryl methyl sites for hydroxylation is 2. The maximum atomic E-state index is 10.1. The van der Waals surface area contributed by atoms with Gasteiger partial charge in [0.15, 0.2) is 0 Å². The summed E-state index contributed by atoms with van der Waals surface area (Å²) in [6.45, 7) is 4.45. The second-order valence-corrected chi connectivity index (χ2v) is 8.10. The van der Waals surface area contributed by atoms with E-state index < -0.39 is 11.9 Å². The Morgan fingerprint density at radius 1 is 0.568 bits per heavy atom. The summed E-state index contributed by atoms with van der Waals surface area (Å²) >= 11 is 0. The molecule has 0 bridgehead atoms. The Hall–Kier alpha value is -3.05. The first-order valence-corrected chi connectivity index (χ1v) is 12.4. The van der Waals surface area contributed by atoms with Crippen molar-refractivity contribution in [1.82, 2.24) is 0 Å². The smallest absolute Gasteiger partial charge is 0.545 e.